The van der Waals surface area contributed by atoms with Crippen molar-refractivity contribution in [2.24, 2.45) is 0 Å². The lowest BCUT2D eigenvalue weighted by molar-refractivity contribution is 0.0514. The smallest absolute Gasteiger partial charge is 0.407 e. The Labute approximate surface area is 254 Å². The summed E-state index contributed by atoms with van der Waals surface area (Å²) >= 11 is 6.48. The largest absolute Gasteiger partial charge is 0.444 e. The van der Waals surface area contributed by atoms with Crippen LogP contribution in [0.4, 0.5) is 4.79 Å². The number of hydrogen-bond donors (Lipinski definition) is 1. The number of benzene rings is 2. The summed E-state index contributed by atoms with van der Waals surface area (Å²) in [5.41, 5.74) is 5.30. The van der Waals surface area contributed by atoms with Crippen LogP contribution in [-0.2, 0) is 34.5 Å². The summed E-state index contributed by atoms with van der Waals surface area (Å²) in [5.74, 6) is 0. The first-order valence-electron chi connectivity index (χ1n) is 14.6. The van der Waals surface area contributed by atoms with Gasteiger partial charge in [0.15, 0.2) is 0 Å². The molecule has 0 saturated heterocycles. The van der Waals surface area contributed by atoms with Crippen molar-refractivity contribution in [2.75, 3.05) is 13.2 Å². The van der Waals surface area contributed by atoms with E-state index in [0.717, 1.165) is 53.3 Å². The Hall–Kier alpha value is -3.20. The van der Waals surface area contributed by atoms with Crippen molar-refractivity contribution < 1.29 is 14.3 Å². The third-order valence-corrected chi connectivity index (χ3v) is 9.59. The molecular weight excluding hydrogens is 564 g/mol. The van der Waals surface area contributed by atoms with Crippen molar-refractivity contribution in [3.8, 4) is 11.3 Å². The normalized spacial score (nSPS) is 14.6. The second-order valence-corrected chi connectivity index (χ2v) is 19.5. The Balaban J connectivity index is 1.46. The summed E-state index contributed by atoms with van der Waals surface area (Å²) in [4.78, 5) is 21.9. The van der Waals surface area contributed by atoms with Gasteiger partial charge in [-0.2, -0.15) is 4.98 Å². The van der Waals surface area contributed by atoms with E-state index in [9.17, 15) is 4.79 Å². The van der Waals surface area contributed by atoms with Crippen LogP contribution in [0.2, 0.25) is 31.0 Å². The number of amides is 1. The molecule has 0 radical (unpaired) electrons. The van der Waals surface area contributed by atoms with Crippen LogP contribution in [0.1, 0.15) is 37.5 Å². The Morgan fingerprint density at radius 2 is 1.76 bits per heavy atom. The van der Waals surface area contributed by atoms with Crippen molar-refractivity contribution in [1.82, 2.24) is 19.9 Å². The summed E-state index contributed by atoms with van der Waals surface area (Å²) in [6, 6.07) is 20.1. The van der Waals surface area contributed by atoms with Crippen LogP contribution >= 0.6 is 11.6 Å². The van der Waals surface area contributed by atoms with E-state index < -0.39 is 19.8 Å². The summed E-state index contributed by atoms with van der Waals surface area (Å²) < 4.78 is 13.6. The highest BCUT2D eigenvalue weighted by atomic mass is 35.5. The molecule has 42 heavy (non-hydrogen) atoms. The highest BCUT2D eigenvalue weighted by Crippen LogP contribution is 2.41. The molecule has 1 amide bonds. The monoisotopic (exact) mass is 604 g/mol. The molecule has 2 aromatic heterocycles. The van der Waals surface area contributed by atoms with Gasteiger partial charge in [0, 0.05) is 43.8 Å². The van der Waals surface area contributed by atoms with E-state index in [1.807, 2.05) is 37.6 Å². The van der Waals surface area contributed by atoms with Gasteiger partial charge < -0.3 is 19.4 Å². The van der Waals surface area contributed by atoms with Crippen molar-refractivity contribution in [3.05, 3.63) is 82.8 Å². The first kappa shape index (κ1) is 30.3. The van der Waals surface area contributed by atoms with Gasteiger partial charge in [0.05, 0.1) is 5.69 Å². The summed E-state index contributed by atoms with van der Waals surface area (Å²) in [7, 11) is -1.17. The lowest BCUT2D eigenvalue weighted by Gasteiger charge is -2.31. The molecule has 0 aliphatic heterocycles. The van der Waals surface area contributed by atoms with Crippen molar-refractivity contribution >= 4 is 36.8 Å². The maximum atomic E-state index is 12.7. The van der Waals surface area contributed by atoms with Crippen LogP contribution in [0.5, 0.6) is 0 Å². The number of nitrogens with one attached hydrogen (secondary N) is 1. The SMILES string of the molecule is CC(C)(C)OC(=O)NCC1(c2cccc(-c3nc(Cl)nc4c3ccn4COCC[Si](C)(C)C)c2)Cc2ccccc2C1. The first-order valence-corrected chi connectivity index (χ1v) is 18.7. The molecule has 0 fully saturated rings. The van der Waals surface area contributed by atoms with Crippen LogP contribution in [0.15, 0.2) is 60.8 Å². The molecule has 0 unspecified atom stereocenters. The number of carbonyl (C=O) groups excluding carboxylic acids is 1. The maximum Gasteiger partial charge on any atom is 0.407 e. The molecule has 4 aromatic rings. The predicted molar refractivity (Wildman–Crippen MR) is 172 cm³/mol. The number of ether oxygens (including phenoxy) is 2. The van der Waals surface area contributed by atoms with Crippen LogP contribution in [0, 0.1) is 0 Å². The molecule has 7 nitrogen and oxygen atoms in total. The van der Waals surface area contributed by atoms with E-state index in [-0.39, 0.29) is 10.7 Å². The molecule has 0 spiro atoms. The van der Waals surface area contributed by atoms with Crippen molar-refractivity contribution in [1.29, 1.82) is 0 Å². The Bertz CT molecular complexity index is 1560. The predicted octanol–water partition coefficient (Wildman–Crippen LogP) is 7.63. The minimum Gasteiger partial charge on any atom is -0.444 e. The fourth-order valence-electron chi connectivity index (χ4n) is 5.58. The minimum absolute atomic E-state index is 0.194. The Morgan fingerprint density at radius 1 is 1.05 bits per heavy atom. The Morgan fingerprint density at radius 3 is 2.43 bits per heavy atom. The molecule has 1 aliphatic rings. The number of carbonyl (C=O) groups is 1. The number of nitrogens with zero attached hydrogens (tertiary/aromatic N) is 3. The van der Waals surface area contributed by atoms with Crippen LogP contribution in [0.3, 0.4) is 0 Å². The second kappa shape index (κ2) is 11.8. The molecule has 9 heteroatoms. The molecule has 2 heterocycles. The molecular formula is C33H41ClN4O3Si. The number of hydrogen-bond acceptors (Lipinski definition) is 5. The topological polar surface area (TPSA) is 78.3 Å². The van der Waals surface area contributed by atoms with Crippen molar-refractivity contribution in [3.63, 3.8) is 0 Å². The molecule has 1 aliphatic carbocycles. The first-order chi connectivity index (χ1) is 19.8. The van der Waals surface area contributed by atoms with Crippen molar-refractivity contribution in [2.45, 2.75) is 77.0 Å². The maximum absolute atomic E-state index is 12.7. The third-order valence-electron chi connectivity index (χ3n) is 7.71. The number of alkyl carbamates (subject to hydrolysis) is 1. The number of rotatable bonds is 9. The van der Waals surface area contributed by atoms with E-state index in [2.05, 4.69) is 83.5 Å². The zero-order valence-electron chi connectivity index (χ0n) is 25.5. The van der Waals surface area contributed by atoms with Gasteiger partial charge in [-0.15, -0.1) is 0 Å². The van der Waals surface area contributed by atoms with Gasteiger partial charge in [-0.25, -0.2) is 9.78 Å². The quantitative estimate of drug-likeness (QED) is 0.121. The summed E-state index contributed by atoms with van der Waals surface area (Å²) in [6.07, 6.45) is 3.20. The van der Waals surface area contributed by atoms with Gasteiger partial charge >= 0.3 is 6.09 Å². The van der Waals surface area contributed by atoms with E-state index in [1.54, 1.807) is 0 Å². The fraction of sp³-hybridized carbons (Fsp3) is 0.424. The van der Waals surface area contributed by atoms with E-state index in [0.29, 0.717) is 13.3 Å². The minimum atomic E-state index is -1.17. The summed E-state index contributed by atoms with van der Waals surface area (Å²) in [6.45, 7) is 14.2. The number of aromatic nitrogens is 3. The zero-order valence-corrected chi connectivity index (χ0v) is 27.2. The van der Waals surface area contributed by atoms with Gasteiger partial charge in [-0.05, 0) is 80.1 Å². The molecule has 5 rings (SSSR count). The molecule has 0 bridgehead atoms. The van der Waals surface area contributed by atoms with E-state index in [1.165, 1.54) is 11.1 Å². The van der Waals surface area contributed by atoms with Crippen LogP contribution in [-0.4, -0.2) is 47.5 Å². The molecule has 2 aromatic carbocycles. The average molecular weight is 605 g/mol. The Kier molecular flexibility index (Phi) is 8.52. The van der Waals surface area contributed by atoms with Crippen LogP contribution < -0.4 is 5.32 Å². The number of fused-ring (bicyclic) bond motifs is 2. The highest BCUT2D eigenvalue weighted by molar-refractivity contribution is 6.76. The lowest BCUT2D eigenvalue weighted by atomic mass is 9.77. The molecule has 0 atom stereocenters. The fourth-order valence-corrected chi connectivity index (χ4v) is 6.50. The van der Waals surface area contributed by atoms with Gasteiger partial charge in [-0.3, -0.25) is 0 Å². The standard InChI is InChI=1S/C33H41ClN4O3Si/c1-32(2,3)41-31(39)35-21-33(19-24-10-7-8-11-25(24)20-33)26-13-9-12-23(18-26)28-27-14-15-38(29(27)37-30(34)36-28)22-40-16-17-42(4,5)6/h7-15,18H,16-17,19-22H2,1-6H3,(H,35,39). The highest BCUT2D eigenvalue weighted by Gasteiger charge is 2.39. The lowest BCUT2D eigenvalue weighted by Crippen LogP contribution is -2.43. The zero-order chi connectivity index (χ0) is 30.1. The van der Waals surface area contributed by atoms with E-state index in [4.69, 9.17) is 21.1 Å². The van der Waals surface area contributed by atoms with E-state index >= 15 is 0 Å². The molecule has 0 saturated carbocycles. The van der Waals surface area contributed by atoms with Crippen LogP contribution in [0.25, 0.3) is 22.3 Å². The van der Waals surface area contributed by atoms with Gasteiger partial charge in [0.2, 0.25) is 5.28 Å². The molecule has 222 valence electrons. The van der Waals surface area contributed by atoms with Gasteiger partial charge in [-0.1, -0.05) is 62.1 Å². The average Bonchev–Trinajstić information content (AvgIpc) is 3.50. The number of halogens is 1. The second-order valence-electron chi connectivity index (χ2n) is 13.6. The summed E-state index contributed by atoms with van der Waals surface area (Å²) in [5, 5.41) is 4.18. The van der Waals surface area contributed by atoms with Gasteiger partial charge in [0.25, 0.3) is 0 Å². The third kappa shape index (κ3) is 7.05. The van der Waals surface area contributed by atoms with Gasteiger partial charge in [0.1, 0.15) is 18.0 Å². The molecule has 1 N–H and O–H groups in total.